The lowest BCUT2D eigenvalue weighted by molar-refractivity contribution is 0.899. The molecular formula is C10H20N6. The van der Waals surface area contributed by atoms with Gasteiger partial charge in [-0.25, -0.2) is 0 Å². The van der Waals surface area contributed by atoms with Gasteiger partial charge in [0.2, 0.25) is 0 Å². The molecule has 6 heteroatoms. The molecule has 0 aliphatic rings. The highest BCUT2D eigenvalue weighted by atomic mass is 15.3. The van der Waals surface area contributed by atoms with E-state index in [1.165, 1.54) is 0 Å². The maximum Gasteiger partial charge on any atom is 0.190 e. The van der Waals surface area contributed by atoms with Gasteiger partial charge in [0, 0.05) is 12.4 Å². The van der Waals surface area contributed by atoms with Gasteiger partial charge in [0.25, 0.3) is 0 Å². The molecule has 0 atom stereocenters. The van der Waals surface area contributed by atoms with E-state index in [9.17, 15) is 0 Å². The van der Waals surface area contributed by atoms with Crippen molar-refractivity contribution < 1.29 is 0 Å². The van der Waals surface area contributed by atoms with Crippen molar-refractivity contribution in [3.05, 3.63) is 0 Å². The maximum atomic E-state index is 5.53. The van der Waals surface area contributed by atoms with Crippen LogP contribution in [0.5, 0.6) is 0 Å². The summed E-state index contributed by atoms with van der Waals surface area (Å²) in [6, 6.07) is 0. The number of rotatable bonds is 4. The van der Waals surface area contributed by atoms with Gasteiger partial charge in [0.05, 0.1) is 0 Å². The van der Waals surface area contributed by atoms with E-state index in [2.05, 4.69) is 20.4 Å². The van der Waals surface area contributed by atoms with Crippen LogP contribution in [-0.2, 0) is 0 Å². The van der Waals surface area contributed by atoms with E-state index in [-0.39, 0.29) is 11.7 Å². The molecule has 0 saturated heterocycles. The number of nitrogens with zero attached hydrogens (tertiary/aromatic N) is 4. The number of nitrogens with two attached hydrogens (primary N) is 2. The van der Waals surface area contributed by atoms with E-state index < -0.39 is 0 Å². The molecule has 0 bridgehead atoms. The summed E-state index contributed by atoms with van der Waals surface area (Å²) in [6.07, 6.45) is 3.33. The molecule has 0 rings (SSSR count). The van der Waals surface area contributed by atoms with Gasteiger partial charge in [-0.05, 0) is 11.8 Å². The van der Waals surface area contributed by atoms with Gasteiger partial charge in [0.1, 0.15) is 0 Å². The second-order valence-electron chi connectivity index (χ2n) is 3.99. The summed E-state index contributed by atoms with van der Waals surface area (Å²) in [5.74, 6) is 0.762. The molecular weight excluding hydrogens is 204 g/mol. The summed E-state index contributed by atoms with van der Waals surface area (Å²) < 4.78 is 0. The van der Waals surface area contributed by atoms with Crippen LogP contribution in [0.4, 0.5) is 0 Å². The molecule has 90 valence electrons. The van der Waals surface area contributed by atoms with Crippen LogP contribution in [0.25, 0.3) is 0 Å². The van der Waals surface area contributed by atoms with Gasteiger partial charge in [-0.3, -0.25) is 0 Å². The van der Waals surface area contributed by atoms with Crippen LogP contribution in [-0.4, -0.2) is 24.1 Å². The molecule has 0 unspecified atom stereocenters. The van der Waals surface area contributed by atoms with Crippen LogP contribution in [0.15, 0.2) is 20.4 Å². The normalized spacial score (nSPS) is 14.9. The summed E-state index contributed by atoms with van der Waals surface area (Å²) in [4.78, 5) is 0. The van der Waals surface area contributed by atoms with Gasteiger partial charge < -0.3 is 11.5 Å². The topological polar surface area (TPSA) is 101 Å². The van der Waals surface area contributed by atoms with Crippen molar-refractivity contribution in [2.24, 2.45) is 43.7 Å². The first-order valence-electron chi connectivity index (χ1n) is 5.17. The zero-order chi connectivity index (χ0) is 12.6. The number of amidine groups is 2. The molecule has 0 heterocycles. The zero-order valence-electron chi connectivity index (χ0n) is 10.3. The fourth-order valence-electron chi connectivity index (χ4n) is 0.560. The molecule has 0 fully saturated rings. The van der Waals surface area contributed by atoms with E-state index in [1.54, 1.807) is 12.4 Å². The average molecular weight is 224 g/mol. The van der Waals surface area contributed by atoms with E-state index >= 15 is 0 Å². The average Bonchev–Trinajstić information content (AvgIpc) is 2.16. The molecule has 6 nitrogen and oxygen atoms in total. The Balaban J connectivity index is 4.42. The van der Waals surface area contributed by atoms with Crippen LogP contribution in [0, 0.1) is 11.8 Å². The Morgan fingerprint density at radius 3 is 1.38 bits per heavy atom. The maximum absolute atomic E-state index is 5.53. The lowest BCUT2D eigenvalue weighted by Gasteiger charge is -1.95. The van der Waals surface area contributed by atoms with Crippen LogP contribution in [0.3, 0.4) is 0 Å². The molecule has 4 N–H and O–H groups in total. The Labute approximate surface area is 96.2 Å². The molecule has 0 amide bonds. The molecule has 0 saturated carbocycles. The first-order valence-corrected chi connectivity index (χ1v) is 5.17. The number of hydrogen-bond acceptors (Lipinski definition) is 4. The molecule has 16 heavy (non-hydrogen) atoms. The highest BCUT2D eigenvalue weighted by molar-refractivity contribution is 6.39. The minimum atomic E-state index is 0.0674. The fourth-order valence-corrected chi connectivity index (χ4v) is 0.560. The quantitative estimate of drug-likeness (QED) is 0.422. The smallest absolute Gasteiger partial charge is 0.190 e. The molecule has 0 spiro atoms. The summed E-state index contributed by atoms with van der Waals surface area (Å²) >= 11 is 0. The Hall–Kier alpha value is -1.72. The van der Waals surface area contributed by atoms with Gasteiger partial charge in [-0.2, -0.15) is 10.2 Å². The van der Waals surface area contributed by atoms with Gasteiger partial charge in [-0.15, -0.1) is 10.2 Å². The molecule has 0 aliphatic heterocycles. The first-order chi connectivity index (χ1) is 7.43. The molecule has 0 aromatic carbocycles. The van der Waals surface area contributed by atoms with Crippen LogP contribution in [0.1, 0.15) is 27.7 Å². The van der Waals surface area contributed by atoms with Crippen LogP contribution < -0.4 is 11.5 Å². The van der Waals surface area contributed by atoms with Crippen molar-refractivity contribution in [2.75, 3.05) is 0 Å². The van der Waals surface area contributed by atoms with Crippen LogP contribution in [0.2, 0.25) is 0 Å². The van der Waals surface area contributed by atoms with Crippen molar-refractivity contribution >= 4 is 24.1 Å². The molecule has 0 aromatic heterocycles. The predicted octanol–water partition coefficient (Wildman–Crippen LogP) is 0.984. The minimum Gasteiger partial charge on any atom is -0.379 e. The van der Waals surface area contributed by atoms with Crippen molar-refractivity contribution in [1.29, 1.82) is 0 Å². The van der Waals surface area contributed by atoms with E-state index in [4.69, 9.17) is 11.5 Å². The Morgan fingerprint density at radius 2 is 1.12 bits per heavy atom. The van der Waals surface area contributed by atoms with Crippen molar-refractivity contribution in [2.45, 2.75) is 27.7 Å². The largest absolute Gasteiger partial charge is 0.379 e. The third-order valence-corrected chi connectivity index (χ3v) is 1.32. The zero-order valence-corrected chi connectivity index (χ0v) is 10.3. The SMILES string of the molecule is CC(C)/C=N\N=C(N)C(N)=N/N=C/C(C)C. The lowest BCUT2D eigenvalue weighted by atomic mass is 10.3. The summed E-state index contributed by atoms with van der Waals surface area (Å²) in [5, 5.41) is 14.9. The second-order valence-corrected chi connectivity index (χ2v) is 3.99. The Morgan fingerprint density at radius 1 is 0.812 bits per heavy atom. The van der Waals surface area contributed by atoms with Crippen LogP contribution >= 0.6 is 0 Å². The van der Waals surface area contributed by atoms with Crippen molar-refractivity contribution in [3.63, 3.8) is 0 Å². The standard InChI is InChI=1S/C10H20N6/c1-7(2)5-13-15-9(11)10(12)16-14-6-8(3)4/h5-8H,1-4H3,(H2,11,15)(H2,12,16)/b13-5-,14-6+. The summed E-state index contributed by atoms with van der Waals surface area (Å²) in [6.45, 7) is 7.94. The van der Waals surface area contributed by atoms with E-state index in [0.717, 1.165) is 0 Å². The summed E-state index contributed by atoms with van der Waals surface area (Å²) in [5.41, 5.74) is 11.1. The van der Waals surface area contributed by atoms with Gasteiger partial charge in [0.15, 0.2) is 11.7 Å². The molecule has 0 aliphatic carbocycles. The first kappa shape index (κ1) is 14.3. The monoisotopic (exact) mass is 224 g/mol. The third-order valence-electron chi connectivity index (χ3n) is 1.32. The predicted molar refractivity (Wildman–Crippen MR) is 69.9 cm³/mol. The fraction of sp³-hybridized carbons (Fsp3) is 0.600. The van der Waals surface area contributed by atoms with Crippen molar-refractivity contribution in [1.82, 2.24) is 0 Å². The van der Waals surface area contributed by atoms with E-state index in [0.29, 0.717) is 11.8 Å². The van der Waals surface area contributed by atoms with Gasteiger partial charge in [-0.1, -0.05) is 27.7 Å². The third kappa shape index (κ3) is 7.66. The highest BCUT2D eigenvalue weighted by Crippen LogP contribution is 1.87. The minimum absolute atomic E-state index is 0.0674. The highest BCUT2D eigenvalue weighted by Gasteiger charge is 1.97. The van der Waals surface area contributed by atoms with Crippen molar-refractivity contribution in [3.8, 4) is 0 Å². The Bertz CT molecular complexity index is 279. The lowest BCUT2D eigenvalue weighted by Crippen LogP contribution is -2.30. The number of hydrogen-bond donors (Lipinski definition) is 2. The molecule has 0 aromatic rings. The van der Waals surface area contributed by atoms with Gasteiger partial charge >= 0.3 is 0 Å². The second kappa shape index (κ2) is 7.56. The Kier molecular flexibility index (Phi) is 6.74. The van der Waals surface area contributed by atoms with E-state index in [1.807, 2.05) is 27.7 Å². The molecule has 0 radical (unpaired) electrons. The summed E-state index contributed by atoms with van der Waals surface area (Å²) in [7, 11) is 0.